The van der Waals surface area contributed by atoms with Crippen LogP contribution in [0.3, 0.4) is 0 Å². The van der Waals surface area contributed by atoms with E-state index in [9.17, 15) is 14.0 Å². The lowest BCUT2D eigenvalue weighted by molar-refractivity contribution is -0.142. The highest BCUT2D eigenvalue weighted by atomic mass is 19.1. The average molecular weight is 363 g/mol. The van der Waals surface area contributed by atoms with Gasteiger partial charge in [0, 0.05) is 32.1 Å². The first-order chi connectivity index (χ1) is 12.5. The number of nitrogens with one attached hydrogen (secondary N) is 2. The van der Waals surface area contributed by atoms with Crippen LogP contribution in [0, 0.1) is 11.7 Å². The number of carbonyl (C=O) groups excluding carboxylic acids is 2. The summed E-state index contributed by atoms with van der Waals surface area (Å²) in [6, 6.07) is 5.80. The van der Waals surface area contributed by atoms with Crippen LogP contribution in [0.4, 0.5) is 4.39 Å². The number of nitrogens with zero attached hydrogens (tertiary/aromatic N) is 1. The van der Waals surface area contributed by atoms with E-state index in [4.69, 9.17) is 4.74 Å². The second-order valence-corrected chi connectivity index (χ2v) is 6.95. The molecular weight excluding hydrogens is 337 g/mol. The molecule has 2 atom stereocenters. The first-order valence-electron chi connectivity index (χ1n) is 9.20. The van der Waals surface area contributed by atoms with Crippen LogP contribution in [-0.2, 0) is 20.9 Å². The zero-order valence-corrected chi connectivity index (χ0v) is 15.0. The number of hydrogen-bond donors (Lipinski definition) is 2. The van der Waals surface area contributed by atoms with Crippen LogP contribution in [0.25, 0.3) is 0 Å². The monoisotopic (exact) mass is 363 g/mol. The molecule has 0 saturated carbocycles. The summed E-state index contributed by atoms with van der Waals surface area (Å²) in [7, 11) is 0. The van der Waals surface area contributed by atoms with Crippen molar-refractivity contribution in [2.45, 2.75) is 38.5 Å². The lowest BCUT2D eigenvalue weighted by Crippen LogP contribution is -2.57. The van der Waals surface area contributed by atoms with E-state index >= 15 is 0 Å². The van der Waals surface area contributed by atoms with Crippen molar-refractivity contribution in [1.82, 2.24) is 15.5 Å². The maximum Gasteiger partial charge on any atom is 0.242 e. The van der Waals surface area contributed by atoms with E-state index in [0.717, 1.165) is 5.56 Å². The van der Waals surface area contributed by atoms with Crippen molar-refractivity contribution < 1.29 is 18.7 Å². The number of carbonyl (C=O) groups is 2. The topological polar surface area (TPSA) is 70.7 Å². The molecule has 2 N–H and O–H groups in total. The van der Waals surface area contributed by atoms with E-state index in [1.807, 2.05) is 11.8 Å². The van der Waals surface area contributed by atoms with Gasteiger partial charge in [-0.15, -0.1) is 0 Å². The van der Waals surface area contributed by atoms with E-state index in [2.05, 4.69) is 10.6 Å². The van der Waals surface area contributed by atoms with Gasteiger partial charge in [0.1, 0.15) is 11.9 Å². The molecule has 2 amide bonds. The van der Waals surface area contributed by atoms with Gasteiger partial charge in [-0.2, -0.15) is 0 Å². The molecule has 1 aromatic carbocycles. The van der Waals surface area contributed by atoms with Crippen molar-refractivity contribution in [3.8, 4) is 0 Å². The smallest absolute Gasteiger partial charge is 0.242 e. The molecule has 1 aromatic rings. The third kappa shape index (κ3) is 4.59. The molecule has 26 heavy (non-hydrogen) atoms. The molecule has 0 unspecified atom stereocenters. The summed E-state index contributed by atoms with van der Waals surface area (Å²) in [5.74, 6) is -0.326. The maximum absolute atomic E-state index is 12.9. The van der Waals surface area contributed by atoms with Crippen LogP contribution in [0.1, 0.15) is 25.3 Å². The van der Waals surface area contributed by atoms with Gasteiger partial charge in [-0.25, -0.2) is 4.39 Å². The number of amides is 2. The molecule has 0 bridgehead atoms. The molecule has 0 radical (unpaired) electrons. The Bertz CT molecular complexity index is 629. The predicted molar refractivity (Wildman–Crippen MR) is 94.8 cm³/mol. The summed E-state index contributed by atoms with van der Waals surface area (Å²) in [5, 5.41) is 6.13. The normalized spacial score (nSPS) is 24.3. The van der Waals surface area contributed by atoms with Crippen LogP contribution < -0.4 is 10.6 Å². The number of morpholine rings is 1. The third-order valence-corrected chi connectivity index (χ3v) is 5.14. The number of benzene rings is 1. The van der Waals surface area contributed by atoms with Gasteiger partial charge in [-0.05, 0) is 37.5 Å². The molecule has 142 valence electrons. The minimum atomic E-state index is -0.299. The minimum Gasteiger partial charge on any atom is -0.375 e. The van der Waals surface area contributed by atoms with Gasteiger partial charge in [-0.1, -0.05) is 12.1 Å². The molecule has 2 aliphatic rings. The number of likely N-dealkylation sites (tertiary alicyclic amines) is 1. The zero-order chi connectivity index (χ0) is 18.5. The van der Waals surface area contributed by atoms with Crippen LogP contribution in [0.15, 0.2) is 24.3 Å². The summed E-state index contributed by atoms with van der Waals surface area (Å²) in [5.41, 5.74) is 0.865. The maximum atomic E-state index is 12.9. The molecule has 3 rings (SSSR count). The van der Waals surface area contributed by atoms with E-state index < -0.39 is 0 Å². The Kier molecular flexibility index (Phi) is 6.21. The molecule has 0 aromatic heterocycles. The Hall–Kier alpha value is -1.99. The Morgan fingerprint density at radius 3 is 2.62 bits per heavy atom. The van der Waals surface area contributed by atoms with E-state index in [-0.39, 0.29) is 35.7 Å². The van der Waals surface area contributed by atoms with Gasteiger partial charge >= 0.3 is 0 Å². The van der Waals surface area contributed by atoms with Crippen LogP contribution in [0.5, 0.6) is 0 Å². The van der Waals surface area contributed by atoms with Crippen LogP contribution in [-0.4, -0.2) is 55.1 Å². The second-order valence-electron chi connectivity index (χ2n) is 6.95. The van der Waals surface area contributed by atoms with Crippen LogP contribution >= 0.6 is 0 Å². The van der Waals surface area contributed by atoms with Gasteiger partial charge in [0.2, 0.25) is 11.8 Å². The molecule has 2 fully saturated rings. The largest absolute Gasteiger partial charge is 0.375 e. The molecule has 0 spiro atoms. The minimum absolute atomic E-state index is 0.00563. The van der Waals surface area contributed by atoms with Crippen LogP contribution in [0.2, 0.25) is 0 Å². The van der Waals surface area contributed by atoms with Gasteiger partial charge < -0.3 is 20.3 Å². The first kappa shape index (κ1) is 18.8. The molecule has 2 aliphatic heterocycles. The summed E-state index contributed by atoms with van der Waals surface area (Å²) in [6.07, 6.45) is 1.18. The lowest BCUT2D eigenvalue weighted by atomic mass is 9.95. The summed E-state index contributed by atoms with van der Waals surface area (Å²) in [4.78, 5) is 26.8. The van der Waals surface area contributed by atoms with Crippen molar-refractivity contribution >= 4 is 11.8 Å². The van der Waals surface area contributed by atoms with Gasteiger partial charge in [0.15, 0.2) is 0 Å². The zero-order valence-electron chi connectivity index (χ0n) is 15.0. The highest BCUT2D eigenvalue weighted by molar-refractivity contribution is 5.83. The highest BCUT2D eigenvalue weighted by Crippen LogP contribution is 2.19. The van der Waals surface area contributed by atoms with Crippen molar-refractivity contribution in [3.05, 3.63) is 35.6 Å². The van der Waals surface area contributed by atoms with E-state index in [1.54, 1.807) is 12.1 Å². The molecule has 0 aliphatic carbocycles. The Morgan fingerprint density at radius 1 is 1.27 bits per heavy atom. The number of piperidine rings is 1. The van der Waals surface area contributed by atoms with Gasteiger partial charge in [0.05, 0.1) is 12.7 Å². The first-order valence-corrected chi connectivity index (χ1v) is 9.20. The van der Waals surface area contributed by atoms with Gasteiger partial charge in [-0.3, -0.25) is 9.59 Å². The fourth-order valence-electron chi connectivity index (χ4n) is 3.50. The lowest BCUT2D eigenvalue weighted by Gasteiger charge is -2.37. The SMILES string of the molecule is C[C@H]1OCCN[C@@H]1C(=O)N1CCC(C(=O)NCc2ccc(F)cc2)CC1. The molecule has 7 heteroatoms. The highest BCUT2D eigenvalue weighted by Gasteiger charge is 2.34. The standard InChI is InChI=1S/C19H26FN3O3/c1-13-17(21-8-11-26-13)19(25)23-9-6-15(7-10-23)18(24)22-12-14-2-4-16(20)5-3-14/h2-5,13,15,17,21H,6-12H2,1H3,(H,22,24)/t13-,17+/m1/s1. The molecule has 6 nitrogen and oxygen atoms in total. The van der Waals surface area contributed by atoms with Crippen molar-refractivity contribution in [1.29, 1.82) is 0 Å². The average Bonchev–Trinajstić information content (AvgIpc) is 2.67. The van der Waals surface area contributed by atoms with Crippen molar-refractivity contribution in [2.24, 2.45) is 5.92 Å². The second kappa shape index (κ2) is 8.60. The number of hydrogen-bond acceptors (Lipinski definition) is 4. The quantitative estimate of drug-likeness (QED) is 0.839. The number of ether oxygens (including phenoxy) is 1. The molecule has 2 saturated heterocycles. The summed E-state index contributed by atoms with van der Waals surface area (Å²) < 4.78 is 18.5. The Balaban J connectivity index is 1.44. The van der Waals surface area contributed by atoms with Crippen molar-refractivity contribution in [3.63, 3.8) is 0 Å². The van der Waals surface area contributed by atoms with E-state index in [0.29, 0.717) is 45.6 Å². The third-order valence-electron chi connectivity index (χ3n) is 5.14. The predicted octanol–water partition coefficient (Wildman–Crippen LogP) is 1.06. The number of halogens is 1. The van der Waals surface area contributed by atoms with E-state index in [1.165, 1.54) is 12.1 Å². The fraction of sp³-hybridized carbons (Fsp3) is 0.579. The Morgan fingerprint density at radius 2 is 1.96 bits per heavy atom. The molecular formula is C19H26FN3O3. The Labute approximate surface area is 153 Å². The fourth-order valence-corrected chi connectivity index (χ4v) is 3.50. The molecule has 2 heterocycles. The summed E-state index contributed by atoms with van der Waals surface area (Å²) >= 11 is 0. The summed E-state index contributed by atoms with van der Waals surface area (Å²) in [6.45, 7) is 4.77. The number of rotatable bonds is 4. The van der Waals surface area contributed by atoms with Gasteiger partial charge in [0.25, 0.3) is 0 Å². The van der Waals surface area contributed by atoms with Crippen molar-refractivity contribution in [2.75, 3.05) is 26.2 Å².